The number of likely N-dealkylation sites (tertiary alicyclic amines) is 1. The molecule has 2 aliphatic rings. The molecule has 0 bridgehead atoms. The highest BCUT2D eigenvalue weighted by molar-refractivity contribution is 6.30. The molecular weight excluding hydrogens is 409 g/mol. The van der Waals surface area contributed by atoms with Crippen LogP contribution in [-0.4, -0.2) is 47.0 Å². The summed E-state index contributed by atoms with van der Waals surface area (Å²) in [5.41, 5.74) is 1.98. The molecule has 2 atom stereocenters. The van der Waals surface area contributed by atoms with Crippen LogP contribution >= 0.6 is 23.2 Å². The Morgan fingerprint density at radius 2 is 1.52 bits per heavy atom. The van der Waals surface area contributed by atoms with Gasteiger partial charge >= 0.3 is 6.03 Å². The third-order valence-electron chi connectivity index (χ3n) is 5.74. The van der Waals surface area contributed by atoms with Gasteiger partial charge in [-0.2, -0.15) is 0 Å². The Kier molecular flexibility index (Phi) is 6.09. The Bertz CT molecular complexity index is 878. The van der Waals surface area contributed by atoms with E-state index < -0.39 is 0 Å². The number of aliphatic imine (C=N–C) groups is 1. The molecule has 2 aromatic carbocycles. The average molecular weight is 432 g/mol. The Labute approximate surface area is 180 Å². The van der Waals surface area contributed by atoms with E-state index in [0.29, 0.717) is 23.1 Å². The Morgan fingerprint density at radius 1 is 0.966 bits per heavy atom. The molecule has 1 N–H and O–H groups in total. The van der Waals surface area contributed by atoms with E-state index in [9.17, 15) is 9.90 Å². The van der Waals surface area contributed by atoms with Gasteiger partial charge in [0.1, 0.15) is 6.04 Å². The summed E-state index contributed by atoms with van der Waals surface area (Å²) in [6.45, 7) is 1.47. The molecule has 0 saturated carbocycles. The van der Waals surface area contributed by atoms with Crippen LogP contribution in [0.25, 0.3) is 0 Å². The first kappa shape index (κ1) is 20.2. The zero-order valence-corrected chi connectivity index (χ0v) is 17.4. The fourth-order valence-corrected chi connectivity index (χ4v) is 4.27. The van der Waals surface area contributed by atoms with Gasteiger partial charge in [-0.25, -0.2) is 4.79 Å². The summed E-state index contributed by atoms with van der Waals surface area (Å²) in [7, 11) is 0. The summed E-state index contributed by atoms with van der Waals surface area (Å²) in [4.78, 5) is 21.6. The third-order valence-corrected chi connectivity index (χ3v) is 6.24. The molecule has 2 aromatic rings. The number of urea groups is 1. The van der Waals surface area contributed by atoms with Gasteiger partial charge in [0.15, 0.2) is 0 Å². The molecule has 29 heavy (non-hydrogen) atoms. The van der Waals surface area contributed by atoms with Gasteiger partial charge in [-0.15, -0.1) is 0 Å². The second-order valence-corrected chi connectivity index (χ2v) is 8.43. The van der Waals surface area contributed by atoms with Crippen molar-refractivity contribution in [1.82, 2.24) is 9.80 Å². The van der Waals surface area contributed by atoms with Crippen molar-refractivity contribution < 1.29 is 9.90 Å². The molecule has 0 aromatic heterocycles. The van der Waals surface area contributed by atoms with Crippen LogP contribution < -0.4 is 0 Å². The molecule has 1 fully saturated rings. The molecule has 7 heteroatoms. The van der Waals surface area contributed by atoms with Crippen molar-refractivity contribution in [2.45, 2.75) is 24.9 Å². The first-order chi connectivity index (χ1) is 14.1. The predicted octanol–water partition coefficient (Wildman–Crippen LogP) is 4.94. The van der Waals surface area contributed by atoms with Gasteiger partial charge in [-0.1, -0.05) is 47.5 Å². The molecule has 2 aliphatic heterocycles. The minimum atomic E-state index is -0.253. The fraction of sp³-hybridized carbons (Fsp3) is 0.364. The van der Waals surface area contributed by atoms with E-state index in [1.165, 1.54) is 0 Å². The average Bonchev–Trinajstić information content (AvgIpc) is 3.19. The van der Waals surface area contributed by atoms with Crippen LogP contribution in [0.15, 0.2) is 53.5 Å². The number of hydrogen-bond acceptors (Lipinski definition) is 3. The minimum Gasteiger partial charge on any atom is -0.396 e. The zero-order valence-electron chi connectivity index (χ0n) is 15.9. The number of carbonyl (C=O) groups excluding carboxylic acids is 1. The normalized spacial score (nSPS) is 22.3. The molecule has 4 rings (SSSR count). The fourth-order valence-electron chi connectivity index (χ4n) is 4.02. The number of aliphatic hydroxyl groups excluding tert-OH is 1. The molecule has 1 saturated heterocycles. The summed E-state index contributed by atoms with van der Waals surface area (Å²) in [6.07, 6.45) is 3.29. The maximum absolute atomic E-state index is 13.3. The summed E-state index contributed by atoms with van der Waals surface area (Å²) < 4.78 is 0. The van der Waals surface area contributed by atoms with Crippen molar-refractivity contribution in [1.29, 1.82) is 0 Å². The lowest BCUT2D eigenvalue weighted by atomic mass is 9.93. The molecule has 0 radical (unpaired) electrons. The Morgan fingerprint density at radius 3 is 2.07 bits per heavy atom. The van der Waals surface area contributed by atoms with Crippen molar-refractivity contribution in [3.8, 4) is 0 Å². The van der Waals surface area contributed by atoms with Gasteiger partial charge < -0.3 is 10.0 Å². The summed E-state index contributed by atoms with van der Waals surface area (Å²) in [5, 5.41) is 10.7. The topological polar surface area (TPSA) is 56.1 Å². The summed E-state index contributed by atoms with van der Waals surface area (Å²) >= 11 is 12.1. The minimum absolute atomic E-state index is 0.0541. The van der Waals surface area contributed by atoms with Crippen LogP contribution in [0.1, 0.15) is 36.1 Å². The number of halogens is 2. The molecular formula is C22H23Cl2N3O2. The van der Waals surface area contributed by atoms with Crippen LogP contribution in [0.2, 0.25) is 10.0 Å². The SMILES string of the molecule is O=C(N1CCC(CO)CC1)N1C=N[C@@H](c2ccc(Cl)cc2)[C@H]1c1ccc(Cl)cc1. The molecule has 0 unspecified atom stereocenters. The maximum atomic E-state index is 13.3. The molecule has 5 nitrogen and oxygen atoms in total. The highest BCUT2D eigenvalue weighted by Crippen LogP contribution is 2.41. The van der Waals surface area contributed by atoms with Crippen LogP contribution in [0, 0.1) is 5.92 Å². The van der Waals surface area contributed by atoms with E-state index in [-0.39, 0.29) is 30.6 Å². The number of hydrogen-bond donors (Lipinski definition) is 1. The molecule has 2 heterocycles. The van der Waals surface area contributed by atoms with Crippen LogP contribution in [0.4, 0.5) is 4.79 Å². The maximum Gasteiger partial charge on any atom is 0.325 e. The molecule has 152 valence electrons. The highest BCUT2D eigenvalue weighted by atomic mass is 35.5. The Hall–Kier alpha value is -2.08. The number of aliphatic hydroxyl groups is 1. The summed E-state index contributed by atoms with van der Waals surface area (Å²) in [6, 6.07) is 14.6. The van der Waals surface area contributed by atoms with E-state index in [2.05, 4.69) is 4.99 Å². The van der Waals surface area contributed by atoms with Gasteiger partial charge in [0.05, 0.1) is 12.4 Å². The van der Waals surface area contributed by atoms with E-state index in [4.69, 9.17) is 23.2 Å². The number of benzene rings is 2. The first-order valence-electron chi connectivity index (χ1n) is 9.79. The number of nitrogens with zero attached hydrogens (tertiary/aromatic N) is 3. The Balaban J connectivity index is 1.62. The van der Waals surface area contributed by atoms with E-state index in [1.54, 1.807) is 11.2 Å². The van der Waals surface area contributed by atoms with Crippen molar-refractivity contribution >= 4 is 35.6 Å². The van der Waals surface area contributed by atoms with Crippen molar-refractivity contribution in [3.05, 3.63) is 69.7 Å². The third kappa shape index (κ3) is 4.27. The van der Waals surface area contributed by atoms with Crippen molar-refractivity contribution in [3.63, 3.8) is 0 Å². The molecule has 0 spiro atoms. The van der Waals surface area contributed by atoms with Crippen LogP contribution in [0.3, 0.4) is 0 Å². The zero-order chi connectivity index (χ0) is 20.4. The van der Waals surface area contributed by atoms with Gasteiger partial charge in [0.2, 0.25) is 0 Å². The smallest absolute Gasteiger partial charge is 0.325 e. The van der Waals surface area contributed by atoms with Gasteiger partial charge in [-0.05, 0) is 54.2 Å². The quantitative estimate of drug-likeness (QED) is 0.747. The van der Waals surface area contributed by atoms with Gasteiger partial charge in [-0.3, -0.25) is 9.89 Å². The lowest BCUT2D eigenvalue weighted by molar-refractivity contribution is 0.121. The second kappa shape index (κ2) is 8.74. The van der Waals surface area contributed by atoms with Crippen LogP contribution in [0.5, 0.6) is 0 Å². The van der Waals surface area contributed by atoms with Gasteiger partial charge in [0, 0.05) is 29.7 Å². The van der Waals surface area contributed by atoms with E-state index in [1.807, 2.05) is 53.4 Å². The monoisotopic (exact) mass is 431 g/mol. The van der Waals surface area contributed by atoms with Crippen molar-refractivity contribution in [2.75, 3.05) is 19.7 Å². The predicted molar refractivity (Wildman–Crippen MR) is 115 cm³/mol. The second-order valence-electron chi connectivity index (χ2n) is 7.56. The summed E-state index contributed by atoms with van der Waals surface area (Å²) in [5.74, 6) is 0.278. The van der Waals surface area contributed by atoms with Crippen molar-refractivity contribution in [2.24, 2.45) is 10.9 Å². The molecule has 0 aliphatic carbocycles. The number of rotatable bonds is 3. The lowest BCUT2D eigenvalue weighted by Gasteiger charge is -2.36. The largest absolute Gasteiger partial charge is 0.396 e. The lowest BCUT2D eigenvalue weighted by Crippen LogP contribution is -2.47. The standard InChI is InChI=1S/C22H23Cl2N3O2/c23-18-5-1-16(2-6-18)20-21(17-3-7-19(24)8-4-17)27(14-25-20)22(29)26-11-9-15(13-28)10-12-26/h1-8,14-15,20-21,28H,9-13H2/t20-,21+/m0/s1. The first-order valence-corrected chi connectivity index (χ1v) is 10.5. The highest BCUT2D eigenvalue weighted by Gasteiger charge is 2.39. The van der Waals surface area contributed by atoms with E-state index in [0.717, 1.165) is 24.0 Å². The molecule has 2 amide bonds. The number of piperidine rings is 1. The number of carbonyl (C=O) groups is 1. The van der Waals surface area contributed by atoms with Crippen LogP contribution in [-0.2, 0) is 0 Å². The van der Waals surface area contributed by atoms with Gasteiger partial charge in [0.25, 0.3) is 0 Å². The number of amides is 2. The van der Waals surface area contributed by atoms with E-state index >= 15 is 0 Å².